The Morgan fingerprint density at radius 2 is 1.62 bits per heavy atom. The van der Waals surface area contributed by atoms with E-state index in [2.05, 4.69) is 5.32 Å². The number of amides is 2. The first-order chi connectivity index (χ1) is 18.3. The summed E-state index contributed by atoms with van der Waals surface area (Å²) in [6.07, 6.45) is 0. The first kappa shape index (κ1) is 28.1. The van der Waals surface area contributed by atoms with Crippen LogP contribution in [0.4, 0.5) is 10.1 Å². The summed E-state index contributed by atoms with van der Waals surface area (Å²) in [6.45, 7) is 6.89. The molecule has 3 N–H and O–H groups in total. The molecule has 0 aliphatic carbocycles. The number of carbonyl (C=O) groups is 3. The second-order valence-electron chi connectivity index (χ2n) is 9.53. The number of benzene rings is 2. The van der Waals surface area contributed by atoms with Gasteiger partial charge in [-0.15, -0.1) is 0 Å². The van der Waals surface area contributed by atoms with Crippen LogP contribution in [0.1, 0.15) is 39.0 Å². The number of sulfonamides is 1. The van der Waals surface area contributed by atoms with E-state index < -0.39 is 21.7 Å². The molecule has 0 radical (unpaired) electrons. The van der Waals surface area contributed by atoms with Crippen molar-refractivity contribution in [3.05, 3.63) is 76.9 Å². The molecular weight excluding hydrogens is 525 g/mol. The molecule has 1 fully saturated rings. The third-order valence-electron chi connectivity index (χ3n) is 6.71. The number of hydrogen-bond acceptors (Lipinski definition) is 6. The van der Waals surface area contributed by atoms with Crippen molar-refractivity contribution >= 4 is 33.3 Å². The topological polar surface area (TPSA) is 135 Å². The number of nitrogens with two attached hydrogens (primary N) is 1. The molecule has 1 aliphatic heterocycles. The molecule has 0 atom stereocenters. The van der Waals surface area contributed by atoms with Crippen molar-refractivity contribution in [2.75, 3.05) is 38.0 Å². The molecule has 10 nitrogen and oxygen atoms in total. The number of Topliss-reactive ketones (excluding diaryl/α,β-unsaturated/α-hetero) is 1. The van der Waals surface area contributed by atoms with Crippen molar-refractivity contribution in [1.29, 1.82) is 0 Å². The summed E-state index contributed by atoms with van der Waals surface area (Å²) < 4.78 is 39.3. The fourth-order valence-electron chi connectivity index (χ4n) is 4.75. The van der Waals surface area contributed by atoms with Crippen molar-refractivity contribution in [3.8, 4) is 5.69 Å². The van der Waals surface area contributed by atoms with Gasteiger partial charge in [0.2, 0.25) is 15.9 Å². The van der Waals surface area contributed by atoms with E-state index >= 15 is 0 Å². The SMILES string of the molecule is CC(=O)Nc1ccc(C(=O)N2CCN(CC(=O)c3cc(C)n(-c4ccc(S(N)(=O)=O)cc4)c3C)CC2)cc1F. The summed E-state index contributed by atoms with van der Waals surface area (Å²) in [5, 5.41) is 7.56. The number of nitrogens with zero attached hydrogens (tertiary/aromatic N) is 3. The molecule has 1 saturated heterocycles. The Kier molecular flexibility index (Phi) is 8.00. The standard InChI is InChI=1S/C27H30FN5O5S/c1-17-14-23(18(2)33(17)21-5-7-22(8-6-21)39(29,37)38)26(35)16-31-10-12-32(13-11-31)27(36)20-4-9-25(24(28)15-20)30-19(3)34/h4-9,14-15H,10-13,16H2,1-3H3,(H,30,34)(H2,29,37,38). The zero-order chi connectivity index (χ0) is 28.5. The van der Waals surface area contributed by atoms with Crippen LogP contribution in [0.3, 0.4) is 0 Å². The molecule has 2 aromatic carbocycles. The smallest absolute Gasteiger partial charge is 0.254 e. The Hall–Kier alpha value is -3.87. The minimum atomic E-state index is -3.80. The van der Waals surface area contributed by atoms with Crippen LogP contribution >= 0.6 is 0 Å². The van der Waals surface area contributed by atoms with Crippen LogP contribution in [0.2, 0.25) is 0 Å². The van der Waals surface area contributed by atoms with Crippen LogP contribution in [-0.2, 0) is 14.8 Å². The van der Waals surface area contributed by atoms with Crippen LogP contribution in [0.25, 0.3) is 5.69 Å². The fraction of sp³-hybridized carbons (Fsp3) is 0.296. The highest BCUT2D eigenvalue weighted by atomic mass is 32.2. The molecule has 0 spiro atoms. The van der Waals surface area contributed by atoms with Gasteiger partial charge in [0, 0.05) is 61.3 Å². The molecule has 3 aromatic rings. The Bertz CT molecular complexity index is 1540. The number of anilines is 1. The van der Waals surface area contributed by atoms with Crippen LogP contribution in [0.5, 0.6) is 0 Å². The summed E-state index contributed by atoms with van der Waals surface area (Å²) in [4.78, 5) is 40.8. The Morgan fingerprint density at radius 1 is 0.974 bits per heavy atom. The van der Waals surface area contributed by atoms with Gasteiger partial charge < -0.3 is 14.8 Å². The second kappa shape index (κ2) is 11.1. The molecule has 0 saturated carbocycles. The number of rotatable bonds is 7. The molecule has 1 aromatic heterocycles. The lowest BCUT2D eigenvalue weighted by Gasteiger charge is -2.34. The number of halogens is 1. The molecule has 12 heteroatoms. The van der Waals surface area contributed by atoms with Gasteiger partial charge in [0.05, 0.1) is 17.1 Å². The van der Waals surface area contributed by atoms with Gasteiger partial charge in [0.1, 0.15) is 5.82 Å². The van der Waals surface area contributed by atoms with Crippen LogP contribution < -0.4 is 10.5 Å². The molecule has 39 heavy (non-hydrogen) atoms. The number of aryl methyl sites for hydroxylation is 1. The van der Waals surface area contributed by atoms with Crippen molar-refractivity contribution < 1.29 is 27.2 Å². The monoisotopic (exact) mass is 555 g/mol. The average Bonchev–Trinajstić information content (AvgIpc) is 3.18. The third-order valence-corrected chi connectivity index (χ3v) is 7.64. The zero-order valence-corrected chi connectivity index (χ0v) is 22.7. The summed E-state index contributed by atoms with van der Waals surface area (Å²) in [5.41, 5.74) is 3.05. The van der Waals surface area contributed by atoms with Crippen LogP contribution in [0.15, 0.2) is 53.4 Å². The van der Waals surface area contributed by atoms with E-state index in [4.69, 9.17) is 5.14 Å². The first-order valence-corrected chi connectivity index (χ1v) is 13.8. The minimum Gasteiger partial charge on any atom is -0.336 e. The second-order valence-corrected chi connectivity index (χ2v) is 11.1. The highest BCUT2D eigenvalue weighted by Gasteiger charge is 2.26. The number of hydrogen-bond donors (Lipinski definition) is 2. The molecule has 2 heterocycles. The fourth-order valence-corrected chi connectivity index (χ4v) is 5.26. The summed E-state index contributed by atoms with van der Waals surface area (Å²) in [7, 11) is -3.80. The number of carbonyl (C=O) groups excluding carboxylic acids is 3. The molecule has 2 amide bonds. The third kappa shape index (κ3) is 6.24. The highest BCUT2D eigenvalue weighted by Crippen LogP contribution is 2.23. The minimum absolute atomic E-state index is 0.00905. The van der Waals surface area contributed by atoms with Gasteiger partial charge in [-0.3, -0.25) is 19.3 Å². The van der Waals surface area contributed by atoms with Gasteiger partial charge in [0.15, 0.2) is 5.78 Å². The Balaban J connectivity index is 1.39. The van der Waals surface area contributed by atoms with Gasteiger partial charge in [-0.1, -0.05) is 0 Å². The first-order valence-electron chi connectivity index (χ1n) is 12.3. The van der Waals surface area contributed by atoms with Crippen LogP contribution in [-0.4, -0.2) is 73.1 Å². The lowest BCUT2D eigenvalue weighted by atomic mass is 10.1. The average molecular weight is 556 g/mol. The quantitative estimate of drug-likeness (QED) is 0.430. The highest BCUT2D eigenvalue weighted by molar-refractivity contribution is 7.89. The lowest BCUT2D eigenvalue weighted by molar-refractivity contribution is -0.114. The van der Waals surface area contributed by atoms with E-state index in [1.54, 1.807) is 17.0 Å². The van der Waals surface area contributed by atoms with Gasteiger partial charge >= 0.3 is 0 Å². The largest absolute Gasteiger partial charge is 0.336 e. The Labute approximate surface area is 226 Å². The van der Waals surface area contributed by atoms with E-state index in [1.807, 2.05) is 29.4 Å². The predicted octanol–water partition coefficient (Wildman–Crippen LogP) is 2.48. The van der Waals surface area contributed by atoms with E-state index in [0.29, 0.717) is 37.4 Å². The molecule has 1 aliphatic rings. The summed E-state index contributed by atoms with van der Waals surface area (Å²) in [6, 6.07) is 11.9. The van der Waals surface area contributed by atoms with Crippen molar-refractivity contribution in [3.63, 3.8) is 0 Å². The maximum atomic E-state index is 14.3. The summed E-state index contributed by atoms with van der Waals surface area (Å²) in [5.74, 6) is -1.46. The van der Waals surface area contributed by atoms with Crippen molar-refractivity contribution in [1.82, 2.24) is 14.4 Å². The number of aromatic nitrogens is 1. The van der Waals surface area contributed by atoms with Crippen molar-refractivity contribution in [2.24, 2.45) is 5.14 Å². The number of piperazine rings is 1. The van der Waals surface area contributed by atoms with Gasteiger partial charge in [-0.05, 0) is 62.4 Å². The van der Waals surface area contributed by atoms with Crippen LogP contribution in [0, 0.1) is 19.7 Å². The Morgan fingerprint density at radius 3 is 2.18 bits per heavy atom. The maximum absolute atomic E-state index is 14.3. The molecule has 0 unspecified atom stereocenters. The van der Waals surface area contributed by atoms with Crippen molar-refractivity contribution in [2.45, 2.75) is 25.7 Å². The number of ketones is 1. The van der Waals surface area contributed by atoms with E-state index in [9.17, 15) is 27.2 Å². The summed E-state index contributed by atoms with van der Waals surface area (Å²) >= 11 is 0. The van der Waals surface area contributed by atoms with E-state index in [-0.39, 0.29) is 34.4 Å². The maximum Gasteiger partial charge on any atom is 0.254 e. The molecule has 4 rings (SSSR count). The molecular formula is C27H30FN5O5S. The molecule has 206 valence electrons. The van der Waals surface area contributed by atoms with Gasteiger partial charge in [-0.25, -0.2) is 17.9 Å². The van der Waals surface area contributed by atoms with E-state index in [1.165, 1.54) is 31.2 Å². The molecule has 0 bridgehead atoms. The van der Waals surface area contributed by atoms with Gasteiger partial charge in [0.25, 0.3) is 5.91 Å². The lowest BCUT2D eigenvalue weighted by Crippen LogP contribution is -2.49. The number of nitrogens with one attached hydrogen (secondary N) is 1. The predicted molar refractivity (Wildman–Crippen MR) is 144 cm³/mol. The number of primary sulfonamides is 1. The van der Waals surface area contributed by atoms with Gasteiger partial charge in [-0.2, -0.15) is 0 Å². The normalized spacial score (nSPS) is 14.3. The van der Waals surface area contributed by atoms with E-state index in [0.717, 1.165) is 17.5 Å². The zero-order valence-electron chi connectivity index (χ0n) is 21.9.